The van der Waals surface area contributed by atoms with Crippen LogP contribution in [0, 0.1) is 0 Å². The number of fused-ring (bicyclic) bond motifs is 1. The molecular weight excluding hydrogens is 314 g/mol. The summed E-state index contributed by atoms with van der Waals surface area (Å²) >= 11 is 0. The van der Waals surface area contributed by atoms with Crippen molar-refractivity contribution in [2.75, 3.05) is 7.11 Å². The lowest BCUT2D eigenvalue weighted by molar-refractivity contribution is 0.398. The molecule has 2 aromatic heterocycles. The molecule has 0 amide bonds. The molecule has 122 valence electrons. The summed E-state index contributed by atoms with van der Waals surface area (Å²) in [5.74, 6) is 0.502. The van der Waals surface area contributed by atoms with E-state index in [1.54, 1.807) is 24.2 Å². The zero-order valence-electron chi connectivity index (χ0n) is 13.6. The van der Waals surface area contributed by atoms with Crippen molar-refractivity contribution in [1.82, 2.24) is 14.5 Å². The zero-order chi connectivity index (χ0) is 17.2. The van der Waals surface area contributed by atoms with E-state index in [9.17, 15) is 4.79 Å². The predicted octanol–water partition coefficient (Wildman–Crippen LogP) is 3.46. The molecule has 2 heterocycles. The predicted molar refractivity (Wildman–Crippen MR) is 97.1 cm³/mol. The number of ether oxygens (including phenoxy) is 1. The Hall–Kier alpha value is -3.47. The third-order valence-electron chi connectivity index (χ3n) is 4.08. The standard InChI is InChI=1S/C20H15N3O2/c1-25-18-12-14(10-11-21-18)16-8-5-9-17-19(16)20(24)23(13-22-17)15-6-3-2-4-7-15/h2-13H,1H3. The second kappa shape index (κ2) is 6.20. The van der Waals surface area contributed by atoms with Gasteiger partial charge in [0.2, 0.25) is 5.88 Å². The van der Waals surface area contributed by atoms with E-state index in [0.29, 0.717) is 16.8 Å². The van der Waals surface area contributed by atoms with Gasteiger partial charge in [-0.15, -0.1) is 0 Å². The van der Waals surface area contributed by atoms with E-state index >= 15 is 0 Å². The van der Waals surface area contributed by atoms with Crippen LogP contribution in [0.3, 0.4) is 0 Å². The molecule has 0 bridgehead atoms. The Bertz CT molecular complexity index is 1100. The number of para-hydroxylation sites is 1. The number of aromatic nitrogens is 3. The molecule has 0 saturated carbocycles. The summed E-state index contributed by atoms with van der Waals surface area (Å²) in [5, 5.41) is 0.571. The van der Waals surface area contributed by atoms with E-state index in [1.807, 2.05) is 60.7 Å². The van der Waals surface area contributed by atoms with Crippen molar-refractivity contribution in [2.24, 2.45) is 0 Å². The van der Waals surface area contributed by atoms with E-state index in [1.165, 1.54) is 0 Å². The molecule has 25 heavy (non-hydrogen) atoms. The maximum atomic E-state index is 13.2. The van der Waals surface area contributed by atoms with Gasteiger partial charge in [0.05, 0.1) is 23.7 Å². The fraction of sp³-hybridized carbons (Fsp3) is 0.0500. The highest BCUT2D eigenvalue weighted by Crippen LogP contribution is 2.27. The average Bonchev–Trinajstić information content (AvgIpc) is 2.68. The van der Waals surface area contributed by atoms with Crippen LogP contribution >= 0.6 is 0 Å². The fourth-order valence-corrected chi connectivity index (χ4v) is 2.87. The Morgan fingerprint density at radius 2 is 1.80 bits per heavy atom. The quantitative estimate of drug-likeness (QED) is 0.577. The minimum absolute atomic E-state index is 0.109. The first-order valence-corrected chi connectivity index (χ1v) is 7.84. The van der Waals surface area contributed by atoms with Crippen LogP contribution in [0.1, 0.15) is 0 Å². The van der Waals surface area contributed by atoms with Crippen LogP contribution < -0.4 is 10.3 Å². The Balaban J connectivity index is 2.01. The van der Waals surface area contributed by atoms with Gasteiger partial charge in [0, 0.05) is 12.3 Å². The summed E-state index contributed by atoms with van der Waals surface area (Å²) in [4.78, 5) is 21.7. The molecule has 0 unspecified atom stereocenters. The third-order valence-corrected chi connectivity index (χ3v) is 4.08. The molecule has 0 aliphatic rings. The number of nitrogens with zero attached hydrogens (tertiary/aromatic N) is 3. The largest absolute Gasteiger partial charge is 0.481 e. The zero-order valence-corrected chi connectivity index (χ0v) is 13.6. The second-order valence-corrected chi connectivity index (χ2v) is 5.54. The molecule has 0 aliphatic carbocycles. The van der Waals surface area contributed by atoms with E-state index in [0.717, 1.165) is 16.8 Å². The van der Waals surface area contributed by atoms with E-state index < -0.39 is 0 Å². The number of pyridine rings is 1. The van der Waals surface area contributed by atoms with Crippen molar-refractivity contribution >= 4 is 10.9 Å². The van der Waals surface area contributed by atoms with Gasteiger partial charge in [0.1, 0.15) is 6.33 Å². The first-order valence-electron chi connectivity index (χ1n) is 7.84. The van der Waals surface area contributed by atoms with Gasteiger partial charge < -0.3 is 4.74 Å². The van der Waals surface area contributed by atoms with Crippen molar-refractivity contribution < 1.29 is 4.74 Å². The lowest BCUT2D eigenvalue weighted by Crippen LogP contribution is -2.19. The van der Waals surface area contributed by atoms with Gasteiger partial charge >= 0.3 is 0 Å². The van der Waals surface area contributed by atoms with Crippen LogP contribution in [0.25, 0.3) is 27.7 Å². The van der Waals surface area contributed by atoms with Gasteiger partial charge in [0.15, 0.2) is 0 Å². The Kier molecular flexibility index (Phi) is 3.74. The van der Waals surface area contributed by atoms with E-state index in [4.69, 9.17) is 4.74 Å². The molecule has 5 nitrogen and oxygen atoms in total. The number of hydrogen-bond donors (Lipinski definition) is 0. The molecule has 0 saturated heterocycles. The highest BCUT2D eigenvalue weighted by molar-refractivity contribution is 5.94. The molecule has 4 aromatic rings. The van der Waals surface area contributed by atoms with Crippen molar-refractivity contribution in [3.05, 3.63) is 83.5 Å². The minimum Gasteiger partial charge on any atom is -0.481 e. The summed E-state index contributed by atoms with van der Waals surface area (Å²) in [6, 6.07) is 18.8. The second-order valence-electron chi connectivity index (χ2n) is 5.54. The van der Waals surface area contributed by atoms with Crippen molar-refractivity contribution in [1.29, 1.82) is 0 Å². The highest BCUT2D eigenvalue weighted by atomic mass is 16.5. The van der Waals surface area contributed by atoms with Gasteiger partial charge in [-0.25, -0.2) is 9.97 Å². The highest BCUT2D eigenvalue weighted by Gasteiger charge is 2.12. The average molecular weight is 329 g/mol. The maximum Gasteiger partial charge on any atom is 0.266 e. The van der Waals surface area contributed by atoms with Crippen LogP contribution in [0.2, 0.25) is 0 Å². The normalized spacial score (nSPS) is 10.8. The number of benzene rings is 2. The summed E-state index contributed by atoms with van der Waals surface area (Å²) in [6.07, 6.45) is 3.23. The smallest absolute Gasteiger partial charge is 0.266 e. The number of methoxy groups -OCH3 is 1. The number of rotatable bonds is 3. The van der Waals surface area contributed by atoms with Crippen LogP contribution in [-0.2, 0) is 0 Å². The molecule has 5 heteroatoms. The molecule has 0 spiro atoms. The molecule has 0 aliphatic heterocycles. The van der Waals surface area contributed by atoms with Crippen molar-refractivity contribution in [2.45, 2.75) is 0 Å². The van der Waals surface area contributed by atoms with Crippen LogP contribution in [-0.4, -0.2) is 21.6 Å². The van der Waals surface area contributed by atoms with E-state index in [2.05, 4.69) is 9.97 Å². The monoisotopic (exact) mass is 329 g/mol. The maximum absolute atomic E-state index is 13.2. The van der Waals surface area contributed by atoms with Crippen molar-refractivity contribution in [3.63, 3.8) is 0 Å². The third kappa shape index (κ3) is 2.65. The Morgan fingerprint density at radius 1 is 0.960 bits per heavy atom. The molecule has 4 rings (SSSR count). The summed E-state index contributed by atoms with van der Waals surface area (Å²) in [7, 11) is 1.57. The molecule has 0 fully saturated rings. The van der Waals surface area contributed by atoms with Gasteiger partial charge in [-0.1, -0.05) is 30.3 Å². The number of hydrogen-bond acceptors (Lipinski definition) is 4. The van der Waals surface area contributed by atoms with Crippen molar-refractivity contribution in [3.8, 4) is 22.7 Å². The van der Waals surface area contributed by atoms with Gasteiger partial charge in [-0.2, -0.15) is 0 Å². The van der Waals surface area contributed by atoms with Crippen LogP contribution in [0.5, 0.6) is 5.88 Å². The van der Waals surface area contributed by atoms with Crippen LogP contribution in [0.15, 0.2) is 78.0 Å². The van der Waals surface area contributed by atoms with Gasteiger partial charge in [-0.05, 0) is 35.4 Å². The first-order chi connectivity index (χ1) is 12.3. The summed E-state index contributed by atoms with van der Waals surface area (Å²) < 4.78 is 6.76. The summed E-state index contributed by atoms with van der Waals surface area (Å²) in [6.45, 7) is 0. The van der Waals surface area contributed by atoms with E-state index in [-0.39, 0.29) is 5.56 Å². The molecule has 0 atom stereocenters. The van der Waals surface area contributed by atoms with Gasteiger partial charge in [-0.3, -0.25) is 9.36 Å². The van der Waals surface area contributed by atoms with Gasteiger partial charge in [0.25, 0.3) is 5.56 Å². The lowest BCUT2D eigenvalue weighted by Gasteiger charge is -2.10. The molecule has 0 N–H and O–H groups in total. The topological polar surface area (TPSA) is 57.0 Å². The lowest BCUT2D eigenvalue weighted by atomic mass is 10.0. The minimum atomic E-state index is -0.109. The fourth-order valence-electron chi connectivity index (χ4n) is 2.87. The first kappa shape index (κ1) is 15.1. The molecular formula is C20H15N3O2. The Labute approximate surface area is 144 Å². The van der Waals surface area contributed by atoms with Crippen LogP contribution in [0.4, 0.5) is 0 Å². The molecule has 0 radical (unpaired) electrons. The molecule has 2 aromatic carbocycles. The SMILES string of the molecule is COc1cc(-c2cccc3ncn(-c4ccccc4)c(=O)c23)ccn1. The Morgan fingerprint density at radius 3 is 2.60 bits per heavy atom. The summed E-state index contributed by atoms with van der Waals surface area (Å²) in [5.41, 5.74) is 3.00.